The van der Waals surface area contributed by atoms with E-state index in [1.54, 1.807) is 0 Å². The highest BCUT2D eigenvalue weighted by molar-refractivity contribution is 7.92. The van der Waals surface area contributed by atoms with Crippen LogP contribution in [0.15, 0.2) is 41.4 Å². The predicted molar refractivity (Wildman–Crippen MR) is 109 cm³/mol. The first-order chi connectivity index (χ1) is 13.8. The van der Waals surface area contributed by atoms with Crippen molar-refractivity contribution in [2.24, 2.45) is 0 Å². The molecule has 0 unspecified atom stereocenters. The van der Waals surface area contributed by atoms with Gasteiger partial charge in [0.05, 0.1) is 22.3 Å². The molecule has 0 saturated carbocycles. The second kappa shape index (κ2) is 8.75. The zero-order valence-electron chi connectivity index (χ0n) is 16.3. The quantitative estimate of drug-likeness (QED) is 0.654. The average molecular weight is 421 g/mol. The molecule has 1 aliphatic rings. The summed E-state index contributed by atoms with van der Waals surface area (Å²) in [5.74, 6) is -0.350. The van der Waals surface area contributed by atoms with Gasteiger partial charge in [-0.3, -0.25) is 9.52 Å². The van der Waals surface area contributed by atoms with Crippen molar-refractivity contribution in [2.45, 2.75) is 24.8 Å². The third kappa shape index (κ3) is 5.21. The normalized spacial score (nSPS) is 14.7. The molecule has 8 nitrogen and oxygen atoms in total. The number of amides is 1. The van der Waals surface area contributed by atoms with Crippen LogP contribution in [0.2, 0.25) is 0 Å². The first-order valence-corrected chi connectivity index (χ1v) is 10.8. The SMILES string of the molecule is CC(C)NC(=O)c1cc(NS(=O)(=O)c2ccc(F)cc2)cnc1N1CCNCC1. The minimum atomic E-state index is -3.95. The van der Waals surface area contributed by atoms with E-state index in [4.69, 9.17) is 0 Å². The first kappa shape index (κ1) is 21.0. The number of carbonyl (C=O) groups excluding carboxylic acids is 1. The summed E-state index contributed by atoms with van der Waals surface area (Å²) in [6, 6.07) is 5.88. The van der Waals surface area contributed by atoms with Gasteiger partial charge in [-0.2, -0.15) is 0 Å². The van der Waals surface area contributed by atoms with Crippen LogP contribution in [0, 0.1) is 5.82 Å². The zero-order valence-corrected chi connectivity index (χ0v) is 17.1. The zero-order chi connectivity index (χ0) is 21.0. The van der Waals surface area contributed by atoms with Crippen LogP contribution in [-0.2, 0) is 10.0 Å². The largest absolute Gasteiger partial charge is 0.353 e. The lowest BCUT2D eigenvalue weighted by Gasteiger charge is -2.30. The number of carbonyl (C=O) groups is 1. The van der Waals surface area contributed by atoms with Crippen molar-refractivity contribution in [2.75, 3.05) is 35.8 Å². The lowest BCUT2D eigenvalue weighted by molar-refractivity contribution is 0.0943. The molecule has 3 N–H and O–H groups in total. The Bertz CT molecular complexity index is 974. The molecular weight excluding hydrogens is 397 g/mol. The molecular formula is C19H24FN5O3S. The standard InChI is InChI=1S/C19H24FN5O3S/c1-13(2)23-19(26)17-11-15(12-22-18(17)25-9-7-21-8-10-25)24-29(27,28)16-5-3-14(20)4-6-16/h3-6,11-13,21,24H,7-10H2,1-2H3,(H,23,26). The summed E-state index contributed by atoms with van der Waals surface area (Å²) < 4.78 is 40.7. The second-order valence-corrected chi connectivity index (χ2v) is 8.70. The highest BCUT2D eigenvalue weighted by atomic mass is 32.2. The number of anilines is 2. The van der Waals surface area contributed by atoms with Crippen molar-refractivity contribution in [1.82, 2.24) is 15.6 Å². The maximum Gasteiger partial charge on any atom is 0.261 e. The van der Waals surface area contributed by atoms with E-state index in [2.05, 4.69) is 20.3 Å². The van der Waals surface area contributed by atoms with Crippen molar-refractivity contribution in [3.63, 3.8) is 0 Å². The highest BCUT2D eigenvalue weighted by Crippen LogP contribution is 2.24. The molecule has 1 aromatic heterocycles. The van der Waals surface area contributed by atoms with Crippen molar-refractivity contribution < 1.29 is 17.6 Å². The van der Waals surface area contributed by atoms with Gasteiger partial charge in [-0.25, -0.2) is 17.8 Å². The van der Waals surface area contributed by atoms with E-state index in [-0.39, 0.29) is 22.5 Å². The van der Waals surface area contributed by atoms with E-state index in [0.29, 0.717) is 24.5 Å². The second-order valence-electron chi connectivity index (χ2n) is 7.02. The van der Waals surface area contributed by atoms with E-state index in [9.17, 15) is 17.6 Å². The number of nitrogens with zero attached hydrogens (tertiary/aromatic N) is 2. The number of nitrogens with one attached hydrogen (secondary N) is 3. The van der Waals surface area contributed by atoms with Gasteiger partial charge in [0.1, 0.15) is 11.6 Å². The number of benzene rings is 1. The summed E-state index contributed by atoms with van der Waals surface area (Å²) in [6.45, 7) is 6.61. The van der Waals surface area contributed by atoms with Gasteiger partial charge in [-0.1, -0.05) is 0 Å². The van der Waals surface area contributed by atoms with Crippen LogP contribution in [0.4, 0.5) is 15.9 Å². The van der Waals surface area contributed by atoms with Gasteiger partial charge >= 0.3 is 0 Å². The monoisotopic (exact) mass is 421 g/mol. The van der Waals surface area contributed by atoms with E-state index in [1.807, 2.05) is 18.7 Å². The van der Waals surface area contributed by atoms with Gasteiger partial charge in [-0.05, 0) is 44.2 Å². The lowest BCUT2D eigenvalue weighted by Crippen LogP contribution is -2.45. The first-order valence-electron chi connectivity index (χ1n) is 9.31. The summed E-state index contributed by atoms with van der Waals surface area (Å²) in [5, 5.41) is 6.07. The maximum atomic E-state index is 13.1. The smallest absolute Gasteiger partial charge is 0.261 e. The fraction of sp³-hybridized carbons (Fsp3) is 0.368. The summed E-state index contributed by atoms with van der Waals surface area (Å²) in [7, 11) is -3.95. The summed E-state index contributed by atoms with van der Waals surface area (Å²) in [5.41, 5.74) is 0.446. The molecule has 156 valence electrons. The van der Waals surface area contributed by atoms with Crippen molar-refractivity contribution in [1.29, 1.82) is 0 Å². The molecule has 1 aliphatic heterocycles. The number of hydrogen-bond donors (Lipinski definition) is 3. The van der Waals surface area contributed by atoms with Crippen LogP contribution in [-0.4, -0.2) is 51.5 Å². The molecule has 29 heavy (non-hydrogen) atoms. The Kier molecular flexibility index (Phi) is 6.33. The molecule has 3 rings (SSSR count). The Morgan fingerprint density at radius 2 is 1.86 bits per heavy atom. The van der Waals surface area contributed by atoms with E-state index in [1.165, 1.54) is 24.4 Å². The van der Waals surface area contributed by atoms with Gasteiger partial charge in [0.15, 0.2) is 0 Å². The number of aromatic nitrogens is 1. The van der Waals surface area contributed by atoms with Crippen LogP contribution in [0.25, 0.3) is 0 Å². The lowest BCUT2D eigenvalue weighted by atomic mass is 10.2. The third-order valence-corrected chi connectivity index (χ3v) is 5.72. The Hall–Kier alpha value is -2.72. The van der Waals surface area contributed by atoms with E-state index < -0.39 is 15.8 Å². The average Bonchev–Trinajstić information content (AvgIpc) is 2.68. The number of halogens is 1. The molecule has 0 aliphatic carbocycles. The molecule has 10 heteroatoms. The van der Waals surface area contributed by atoms with Gasteiger partial charge in [0.2, 0.25) is 0 Å². The molecule has 2 aromatic rings. The van der Waals surface area contributed by atoms with Crippen LogP contribution in [0.3, 0.4) is 0 Å². The molecule has 1 aromatic carbocycles. The molecule has 0 radical (unpaired) electrons. The van der Waals surface area contributed by atoms with Gasteiger partial charge < -0.3 is 15.5 Å². The summed E-state index contributed by atoms with van der Waals surface area (Å²) in [4.78, 5) is 19.0. The topological polar surface area (TPSA) is 103 Å². The van der Waals surface area contributed by atoms with Gasteiger partial charge in [0.25, 0.3) is 15.9 Å². The minimum absolute atomic E-state index is 0.0849. The third-order valence-electron chi connectivity index (χ3n) is 4.32. The highest BCUT2D eigenvalue weighted by Gasteiger charge is 2.22. The molecule has 0 atom stereocenters. The molecule has 1 amide bonds. The number of piperazine rings is 1. The number of rotatable bonds is 6. The molecule has 2 heterocycles. The van der Waals surface area contributed by atoms with Gasteiger partial charge in [0, 0.05) is 32.2 Å². The fourth-order valence-corrected chi connectivity index (χ4v) is 4.01. The van der Waals surface area contributed by atoms with Crippen LogP contribution < -0.4 is 20.3 Å². The van der Waals surface area contributed by atoms with Crippen molar-refractivity contribution in [3.05, 3.63) is 47.9 Å². The summed E-state index contributed by atoms with van der Waals surface area (Å²) >= 11 is 0. The minimum Gasteiger partial charge on any atom is -0.353 e. The Morgan fingerprint density at radius 3 is 2.48 bits per heavy atom. The fourth-order valence-electron chi connectivity index (χ4n) is 2.98. The Labute approximate surface area is 169 Å². The Morgan fingerprint density at radius 1 is 1.21 bits per heavy atom. The van der Waals surface area contributed by atoms with E-state index in [0.717, 1.165) is 25.2 Å². The van der Waals surface area contributed by atoms with E-state index >= 15 is 0 Å². The number of hydrogen-bond acceptors (Lipinski definition) is 6. The summed E-state index contributed by atoms with van der Waals surface area (Å²) in [6.07, 6.45) is 1.38. The Balaban J connectivity index is 1.93. The molecule has 0 spiro atoms. The molecule has 1 saturated heterocycles. The van der Waals surface area contributed by atoms with Crippen LogP contribution in [0.1, 0.15) is 24.2 Å². The predicted octanol–water partition coefficient (Wildman–Crippen LogP) is 1.57. The molecule has 1 fully saturated rings. The number of pyridine rings is 1. The number of sulfonamides is 1. The molecule has 0 bridgehead atoms. The van der Waals surface area contributed by atoms with Crippen LogP contribution in [0.5, 0.6) is 0 Å². The van der Waals surface area contributed by atoms with Crippen molar-refractivity contribution >= 4 is 27.4 Å². The maximum absolute atomic E-state index is 13.1. The van der Waals surface area contributed by atoms with Crippen molar-refractivity contribution in [3.8, 4) is 0 Å². The van der Waals surface area contributed by atoms with Crippen LogP contribution >= 0.6 is 0 Å². The van der Waals surface area contributed by atoms with Gasteiger partial charge in [-0.15, -0.1) is 0 Å².